The number of thioether (sulfide) groups is 1. The molecule has 0 amide bonds. The lowest BCUT2D eigenvalue weighted by Gasteiger charge is -2.07. The van der Waals surface area contributed by atoms with Gasteiger partial charge in [0, 0.05) is 23.0 Å². The first-order valence-electron chi connectivity index (χ1n) is 8.23. The maximum absolute atomic E-state index is 12.1. The van der Waals surface area contributed by atoms with Gasteiger partial charge in [-0.05, 0) is 48.0 Å². The number of carbonyl (C=O) groups excluding carboxylic acids is 1. The van der Waals surface area contributed by atoms with E-state index < -0.39 is 0 Å². The smallest absolute Gasteiger partial charge is 0.338 e. The van der Waals surface area contributed by atoms with Gasteiger partial charge in [0.1, 0.15) is 12.4 Å². The lowest BCUT2D eigenvalue weighted by molar-refractivity contribution is 0.0520. The summed E-state index contributed by atoms with van der Waals surface area (Å²) in [7, 11) is 0. The molecular weight excluding hydrogens is 384 g/mol. The molecule has 1 aromatic carbocycles. The molecule has 6 nitrogen and oxygen atoms in total. The summed E-state index contributed by atoms with van der Waals surface area (Å²) in [5.41, 5.74) is 1.68. The second-order valence-corrected chi connectivity index (χ2v) is 6.91. The van der Waals surface area contributed by atoms with Crippen molar-refractivity contribution in [2.75, 3.05) is 18.5 Å². The van der Waals surface area contributed by atoms with Crippen LogP contribution in [0, 0.1) is 0 Å². The molecule has 0 aliphatic rings. The number of halogens is 1. The number of nitrogens with zero attached hydrogens (tertiary/aromatic N) is 3. The first kappa shape index (κ1) is 19.1. The summed E-state index contributed by atoms with van der Waals surface area (Å²) in [4.78, 5) is 17.3. The largest absolute Gasteiger partial charge is 0.460 e. The molecule has 0 fully saturated rings. The number of ether oxygens (including phenoxy) is 1. The van der Waals surface area contributed by atoms with E-state index in [1.54, 1.807) is 42.2 Å². The van der Waals surface area contributed by atoms with E-state index in [1.165, 1.54) is 0 Å². The van der Waals surface area contributed by atoms with Crippen LogP contribution in [0.5, 0.6) is 0 Å². The number of pyridine rings is 1. The Morgan fingerprint density at radius 3 is 2.67 bits per heavy atom. The average Bonchev–Trinajstić information content (AvgIpc) is 2.72. The Morgan fingerprint density at radius 1 is 1.11 bits per heavy atom. The Labute approximate surface area is 166 Å². The number of benzene rings is 1. The first-order valence-corrected chi connectivity index (χ1v) is 9.59. The number of aromatic nitrogens is 3. The number of carbonyl (C=O) groups is 1. The van der Waals surface area contributed by atoms with Crippen molar-refractivity contribution in [3.63, 3.8) is 0 Å². The first-order chi connectivity index (χ1) is 13.2. The van der Waals surface area contributed by atoms with Gasteiger partial charge in [0.25, 0.3) is 0 Å². The summed E-state index contributed by atoms with van der Waals surface area (Å²) >= 11 is 7.36. The van der Waals surface area contributed by atoms with Crippen LogP contribution in [0.2, 0.25) is 5.15 Å². The Morgan fingerprint density at radius 2 is 1.96 bits per heavy atom. The third-order valence-electron chi connectivity index (χ3n) is 3.49. The van der Waals surface area contributed by atoms with Crippen molar-refractivity contribution in [2.24, 2.45) is 0 Å². The SMILES string of the molecule is O=C(OCCNc1ccc(Cl)nn1)c1ccc(SCc2cccnc2)cc1. The Hall–Kier alpha value is -2.64. The zero-order valence-corrected chi connectivity index (χ0v) is 15.9. The summed E-state index contributed by atoms with van der Waals surface area (Å²) in [6.45, 7) is 0.655. The molecule has 3 rings (SSSR count). The molecule has 0 saturated carbocycles. The average molecular weight is 401 g/mol. The highest BCUT2D eigenvalue weighted by Crippen LogP contribution is 2.22. The summed E-state index contributed by atoms with van der Waals surface area (Å²) in [5.74, 6) is 1.05. The van der Waals surface area contributed by atoms with E-state index in [1.807, 2.05) is 30.5 Å². The summed E-state index contributed by atoms with van der Waals surface area (Å²) in [5, 5.41) is 10.9. The number of hydrogen-bond donors (Lipinski definition) is 1. The van der Waals surface area contributed by atoms with Gasteiger partial charge in [-0.1, -0.05) is 17.7 Å². The van der Waals surface area contributed by atoms with Crippen LogP contribution >= 0.6 is 23.4 Å². The fraction of sp³-hybridized carbons (Fsp3) is 0.158. The number of esters is 1. The predicted molar refractivity (Wildman–Crippen MR) is 106 cm³/mol. The van der Waals surface area contributed by atoms with E-state index in [9.17, 15) is 4.79 Å². The van der Waals surface area contributed by atoms with Gasteiger partial charge in [0.2, 0.25) is 0 Å². The van der Waals surface area contributed by atoms with Crippen LogP contribution in [-0.2, 0) is 10.5 Å². The van der Waals surface area contributed by atoms with Crippen molar-refractivity contribution in [2.45, 2.75) is 10.6 Å². The minimum atomic E-state index is -0.359. The maximum Gasteiger partial charge on any atom is 0.338 e. The topological polar surface area (TPSA) is 77.0 Å². The minimum Gasteiger partial charge on any atom is -0.460 e. The van der Waals surface area contributed by atoms with Crippen molar-refractivity contribution >= 4 is 35.1 Å². The lowest BCUT2D eigenvalue weighted by atomic mass is 10.2. The predicted octanol–water partition coefficient (Wildman–Crippen LogP) is 4.09. The summed E-state index contributed by atoms with van der Waals surface area (Å²) in [6, 6.07) is 14.7. The highest BCUT2D eigenvalue weighted by atomic mass is 35.5. The third-order valence-corrected chi connectivity index (χ3v) is 4.78. The Balaban J connectivity index is 1.41. The molecule has 3 aromatic rings. The van der Waals surface area contributed by atoms with Crippen LogP contribution in [0.25, 0.3) is 0 Å². The zero-order chi connectivity index (χ0) is 18.9. The molecule has 27 heavy (non-hydrogen) atoms. The summed E-state index contributed by atoms with van der Waals surface area (Å²) < 4.78 is 5.25. The molecule has 0 bridgehead atoms. The quantitative estimate of drug-likeness (QED) is 0.346. The molecule has 0 spiro atoms. The monoisotopic (exact) mass is 400 g/mol. The van der Waals surface area contributed by atoms with E-state index in [0.29, 0.717) is 23.1 Å². The summed E-state index contributed by atoms with van der Waals surface area (Å²) in [6.07, 6.45) is 3.61. The molecule has 2 aromatic heterocycles. The van der Waals surface area contributed by atoms with Crippen LogP contribution in [-0.4, -0.2) is 34.3 Å². The van der Waals surface area contributed by atoms with E-state index in [4.69, 9.17) is 16.3 Å². The second-order valence-electron chi connectivity index (χ2n) is 5.48. The van der Waals surface area contributed by atoms with Crippen molar-refractivity contribution < 1.29 is 9.53 Å². The standard InChI is InChI=1S/C19H17ClN4O2S/c20-17-7-8-18(24-23-17)22-10-11-26-19(25)15-3-5-16(6-4-15)27-13-14-2-1-9-21-12-14/h1-9,12H,10-11,13H2,(H,22,24). The highest BCUT2D eigenvalue weighted by Gasteiger charge is 2.07. The molecule has 0 unspecified atom stereocenters. The van der Waals surface area contributed by atoms with Crippen molar-refractivity contribution in [1.82, 2.24) is 15.2 Å². The van der Waals surface area contributed by atoms with Crippen molar-refractivity contribution in [1.29, 1.82) is 0 Å². The van der Waals surface area contributed by atoms with Gasteiger partial charge in [-0.2, -0.15) is 0 Å². The molecule has 138 valence electrons. The van der Waals surface area contributed by atoms with Crippen LogP contribution in [0.1, 0.15) is 15.9 Å². The molecule has 0 aliphatic heterocycles. The number of rotatable bonds is 8. The molecule has 2 heterocycles. The van der Waals surface area contributed by atoms with E-state index in [0.717, 1.165) is 16.2 Å². The lowest BCUT2D eigenvalue weighted by Crippen LogP contribution is -2.14. The zero-order valence-electron chi connectivity index (χ0n) is 14.3. The van der Waals surface area contributed by atoms with Crippen LogP contribution in [0.15, 0.2) is 65.8 Å². The van der Waals surface area contributed by atoms with Gasteiger partial charge in [-0.3, -0.25) is 4.98 Å². The molecule has 1 N–H and O–H groups in total. The fourth-order valence-corrected chi connectivity index (χ4v) is 3.09. The van der Waals surface area contributed by atoms with Gasteiger partial charge >= 0.3 is 5.97 Å². The van der Waals surface area contributed by atoms with E-state index >= 15 is 0 Å². The fourth-order valence-electron chi connectivity index (χ4n) is 2.15. The van der Waals surface area contributed by atoms with Crippen molar-refractivity contribution in [3.05, 3.63) is 77.2 Å². The van der Waals surface area contributed by atoms with Crippen LogP contribution in [0.3, 0.4) is 0 Å². The molecule has 0 aliphatic carbocycles. The normalized spacial score (nSPS) is 10.4. The van der Waals surface area contributed by atoms with E-state index in [-0.39, 0.29) is 12.6 Å². The van der Waals surface area contributed by atoms with Gasteiger partial charge in [0.15, 0.2) is 5.15 Å². The maximum atomic E-state index is 12.1. The molecule has 0 atom stereocenters. The Kier molecular flexibility index (Phi) is 7.01. The molecular formula is C19H17ClN4O2S. The third kappa shape index (κ3) is 6.23. The van der Waals surface area contributed by atoms with E-state index in [2.05, 4.69) is 20.5 Å². The minimum absolute atomic E-state index is 0.223. The number of nitrogens with one attached hydrogen (secondary N) is 1. The molecule has 8 heteroatoms. The van der Waals surface area contributed by atoms with Gasteiger partial charge in [-0.15, -0.1) is 22.0 Å². The molecule has 0 radical (unpaired) electrons. The van der Waals surface area contributed by atoms with Gasteiger partial charge in [0.05, 0.1) is 12.1 Å². The van der Waals surface area contributed by atoms with Gasteiger partial charge in [-0.25, -0.2) is 4.79 Å². The second kappa shape index (κ2) is 9.89. The van der Waals surface area contributed by atoms with Gasteiger partial charge < -0.3 is 10.1 Å². The van der Waals surface area contributed by atoms with Crippen LogP contribution < -0.4 is 5.32 Å². The van der Waals surface area contributed by atoms with Crippen molar-refractivity contribution in [3.8, 4) is 0 Å². The Bertz CT molecular complexity index is 861. The number of hydrogen-bond acceptors (Lipinski definition) is 7. The molecule has 0 saturated heterocycles. The number of anilines is 1. The van der Waals surface area contributed by atoms with Crippen LogP contribution in [0.4, 0.5) is 5.82 Å². The highest BCUT2D eigenvalue weighted by molar-refractivity contribution is 7.98.